The zero-order chi connectivity index (χ0) is 14.5. The van der Waals surface area contributed by atoms with Gasteiger partial charge in [-0.3, -0.25) is 4.79 Å². The van der Waals surface area contributed by atoms with Crippen LogP contribution in [0.3, 0.4) is 0 Å². The molecule has 1 aliphatic rings. The first-order chi connectivity index (χ1) is 10.3. The van der Waals surface area contributed by atoms with E-state index in [0.717, 1.165) is 37.4 Å². The minimum absolute atomic E-state index is 0.118. The van der Waals surface area contributed by atoms with Crippen molar-refractivity contribution >= 4 is 5.82 Å². The molecule has 1 fully saturated rings. The van der Waals surface area contributed by atoms with Crippen molar-refractivity contribution in [1.82, 2.24) is 19.9 Å². The number of aromatic nitrogens is 4. The van der Waals surface area contributed by atoms with E-state index < -0.39 is 0 Å². The highest BCUT2D eigenvalue weighted by Gasteiger charge is 2.21. The zero-order valence-electron chi connectivity index (χ0n) is 11.6. The second kappa shape index (κ2) is 6.45. The van der Waals surface area contributed by atoms with Crippen molar-refractivity contribution in [3.05, 3.63) is 47.0 Å². The third kappa shape index (κ3) is 3.63. The molecule has 2 aromatic heterocycles. The average Bonchev–Trinajstić information content (AvgIpc) is 2.54. The molecule has 0 saturated carbocycles. The number of nitrogens with zero attached hydrogens (tertiary/aromatic N) is 4. The minimum atomic E-state index is -0.118. The fraction of sp³-hybridized carbons (Fsp3) is 0.429. The first-order valence-electron chi connectivity index (χ1n) is 6.97. The Kier molecular flexibility index (Phi) is 4.20. The first kappa shape index (κ1) is 13.7. The van der Waals surface area contributed by atoms with Gasteiger partial charge in [0.2, 0.25) is 0 Å². The number of rotatable bonds is 4. The first-order valence-corrected chi connectivity index (χ1v) is 6.97. The number of ether oxygens (including phenoxy) is 1. The van der Waals surface area contributed by atoms with Crippen molar-refractivity contribution in [2.24, 2.45) is 0 Å². The largest absolute Gasteiger partial charge is 0.375 e. The molecule has 3 rings (SSSR count). The van der Waals surface area contributed by atoms with E-state index in [0.29, 0.717) is 6.61 Å². The molecular formula is C14H17N5O2. The zero-order valence-corrected chi connectivity index (χ0v) is 11.6. The van der Waals surface area contributed by atoms with Crippen molar-refractivity contribution in [2.45, 2.75) is 18.9 Å². The van der Waals surface area contributed by atoms with E-state index >= 15 is 0 Å². The summed E-state index contributed by atoms with van der Waals surface area (Å²) in [5.74, 6) is 0.924. The summed E-state index contributed by atoms with van der Waals surface area (Å²) in [7, 11) is 0. The Morgan fingerprint density at radius 2 is 2.38 bits per heavy atom. The van der Waals surface area contributed by atoms with Crippen LogP contribution in [-0.4, -0.2) is 45.7 Å². The minimum Gasteiger partial charge on any atom is -0.375 e. The summed E-state index contributed by atoms with van der Waals surface area (Å²) in [6.45, 7) is 2.30. The van der Waals surface area contributed by atoms with E-state index in [2.05, 4.69) is 24.8 Å². The maximum absolute atomic E-state index is 11.2. The number of aryl methyl sites for hydroxylation is 1. The number of hydrogen-bond acceptors (Lipinski definition) is 6. The normalized spacial score (nSPS) is 18.7. The predicted octanol–water partition coefficient (Wildman–Crippen LogP) is 0.398. The van der Waals surface area contributed by atoms with Crippen LogP contribution >= 0.6 is 0 Å². The molecule has 110 valence electrons. The molecule has 2 aromatic rings. The second-order valence-corrected chi connectivity index (χ2v) is 4.95. The van der Waals surface area contributed by atoms with Gasteiger partial charge in [-0.05, 0) is 18.9 Å². The summed E-state index contributed by atoms with van der Waals surface area (Å²) in [4.78, 5) is 28.3. The average molecular weight is 287 g/mol. The molecule has 0 bridgehead atoms. The second-order valence-electron chi connectivity index (χ2n) is 4.95. The van der Waals surface area contributed by atoms with Crippen LogP contribution in [0.2, 0.25) is 0 Å². The lowest BCUT2D eigenvalue weighted by Gasteiger charge is -2.33. The molecule has 0 aromatic carbocycles. The molecule has 0 amide bonds. The Bertz CT molecular complexity index is 631. The summed E-state index contributed by atoms with van der Waals surface area (Å²) in [5.41, 5.74) is 0.675. The number of aromatic amines is 1. The van der Waals surface area contributed by atoms with Crippen LogP contribution in [0.5, 0.6) is 0 Å². The van der Waals surface area contributed by atoms with Crippen molar-refractivity contribution in [1.29, 1.82) is 0 Å². The van der Waals surface area contributed by atoms with E-state index in [4.69, 9.17) is 4.74 Å². The molecule has 7 nitrogen and oxygen atoms in total. The van der Waals surface area contributed by atoms with Crippen LogP contribution in [0.25, 0.3) is 0 Å². The number of anilines is 1. The third-order valence-corrected chi connectivity index (χ3v) is 3.49. The highest BCUT2D eigenvalue weighted by molar-refractivity contribution is 5.37. The monoisotopic (exact) mass is 287 g/mol. The topological polar surface area (TPSA) is 84.0 Å². The van der Waals surface area contributed by atoms with Gasteiger partial charge >= 0.3 is 0 Å². The van der Waals surface area contributed by atoms with E-state index in [1.165, 1.54) is 12.4 Å². The molecule has 0 radical (unpaired) electrons. The van der Waals surface area contributed by atoms with E-state index in [-0.39, 0.29) is 11.7 Å². The van der Waals surface area contributed by atoms with E-state index in [1.54, 1.807) is 12.5 Å². The molecule has 1 N–H and O–H groups in total. The van der Waals surface area contributed by atoms with Crippen molar-refractivity contribution in [2.75, 3.05) is 24.6 Å². The molecule has 1 atom stereocenters. The quantitative estimate of drug-likeness (QED) is 0.876. The van der Waals surface area contributed by atoms with Crippen molar-refractivity contribution < 1.29 is 4.74 Å². The predicted molar refractivity (Wildman–Crippen MR) is 77.2 cm³/mol. The molecule has 0 spiro atoms. The Morgan fingerprint density at radius 3 is 3.19 bits per heavy atom. The van der Waals surface area contributed by atoms with Crippen LogP contribution < -0.4 is 10.5 Å². The smallest absolute Gasteiger partial charge is 0.250 e. The summed E-state index contributed by atoms with van der Waals surface area (Å²) in [6.07, 6.45) is 6.42. The Labute approximate surface area is 122 Å². The van der Waals surface area contributed by atoms with Gasteiger partial charge in [0.1, 0.15) is 12.1 Å². The van der Waals surface area contributed by atoms with Crippen LogP contribution in [-0.2, 0) is 11.2 Å². The highest BCUT2D eigenvalue weighted by Crippen LogP contribution is 2.16. The lowest BCUT2D eigenvalue weighted by molar-refractivity contribution is 0.0350. The molecule has 0 aliphatic carbocycles. The molecular weight excluding hydrogens is 270 g/mol. The standard InChI is InChI=1S/C14H17N5O2/c20-14-7-11(16-10-18-14)1-2-12-8-19(5-6-21-12)13-3-4-15-9-17-13/h3-4,7,9-10,12H,1-2,5-6,8H2,(H,16,18,20)/t12-/m0/s1. The maximum atomic E-state index is 11.2. The molecule has 3 heterocycles. The van der Waals surface area contributed by atoms with Gasteiger partial charge in [-0.1, -0.05) is 0 Å². The summed E-state index contributed by atoms with van der Waals surface area (Å²) in [5, 5.41) is 0. The van der Waals surface area contributed by atoms with Crippen LogP contribution in [0.4, 0.5) is 5.82 Å². The van der Waals surface area contributed by atoms with E-state index in [1.807, 2.05) is 6.07 Å². The molecule has 1 aliphatic heterocycles. The third-order valence-electron chi connectivity index (χ3n) is 3.49. The Morgan fingerprint density at radius 1 is 1.43 bits per heavy atom. The molecule has 0 unspecified atom stereocenters. The summed E-state index contributed by atoms with van der Waals surface area (Å²) < 4.78 is 5.78. The van der Waals surface area contributed by atoms with Gasteiger partial charge < -0.3 is 14.6 Å². The molecule has 21 heavy (non-hydrogen) atoms. The maximum Gasteiger partial charge on any atom is 0.250 e. The highest BCUT2D eigenvalue weighted by atomic mass is 16.5. The summed E-state index contributed by atoms with van der Waals surface area (Å²) in [6, 6.07) is 3.44. The Hall–Kier alpha value is -2.28. The number of H-pyrrole nitrogens is 1. The van der Waals surface area contributed by atoms with E-state index in [9.17, 15) is 4.79 Å². The lowest BCUT2D eigenvalue weighted by Crippen LogP contribution is -2.43. The fourth-order valence-electron chi connectivity index (χ4n) is 2.43. The van der Waals surface area contributed by atoms with Gasteiger partial charge in [0.25, 0.3) is 5.56 Å². The molecule has 1 saturated heterocycles. The number of hydrogen-bond donors (Lipinski definition) is 1. The van der Waals surface area contributed by atoms with Crippen LogP contribution in [0.15, 0.2) is 35.8 Å². The van der Waals surface area contributed by atoms with Gasteiger partial charge in [0, 0.05) is 31.0 Å². The van der Waals surface area contributed by atoms with Crippen LogP contribution in [0.1, 0.15) is 12.1 Å². The van der Waals surface area contributed by atoms with Gasteiger partial charge in [-0.15, -0.1) is 0 Å². The number of morpholine rings is 1. The van der Waals surface area contributed by atoms with Crippen LogP contribution in [0, 0.1) is 0 Å². The number of nitrogens with one attached hydrogen (secondary N) is 1. The lowest BCUT2D eigenvalue weighted by atomic mass is 10.1. The SMILES string of the molecule is O=c1cc(CC[C@H]2CN(c3ccncn3)CCO2)nc[nH]1. The fourth-order valence-corrected chi connectivity index (χ4v) is 2.43. The van der Waals surface area contributed by atoms with Gasteiger partial charge in [-0.25, -0.2) is 15.0 Å². The van der Waals surface area contributed by atoms with Gasteiger partial charge in [-0.2, -0.15) is 0 Å². The van der Waals surface area contributed by atoms with Gasteiger partial charge in [0.05, 0.1) is 19.0 Å². The van der Waals surface area contributed by atoms with Crippen molar-refractivity contribution in [3.63, 3.8) is 0 Å². The molecule has 7 heteroatoms. The summed E-state index contributed by atoms with van der Waals surface area (Å²) >= 11 is 0. The van der Waals surface area contributed by atoms with Gasteiger partial charge in [0.15, 0.2) is 0 Å². The Balaban J connectivity index is 1.58. The van der Waals surface area contributed by atoms with Crippen molar-refractivity contribution in [3.8, 4) is 0 Å².